The molecule has 1 unspecified atom stereocenters. The molecule has 0 aromatic rings. The van der Waals surface area contributed by atoms with E-state index in [4.69, 9.17) is 0 Å². The van der Waals surface area contributed by atoms with Crippen molar-refractivity contribution < 1.29 is 4.79 Å². The molecule has 4 nitrogen and oxygen atoms in total. The normalized spacial score (nSPS) is 13.7. The zero-order valence-electron chi connectivity index (χ0n) is 10.8. The van der Waals surface area contributed by atoms with E-state index in [2.05, 4.69) is 31.4 Å². The van der Waals surface area contributed by atoms with Gasteiger partial charge in [0.2, 0.25) is 5.91 Å². The summed E-state index contributed by atoms with van der Waals surface area (Å²) in [6.45, 7) is 9.94. The van der Waals surface area contributed by atoms with E-state index in [9.17, 15) is 4.79 Å². The summed E-state index contributed by atoms with van der Waals surface area (Å²) in [4.78, 5) is 13.1. The number of nitrogens with one attached hydrogen (secondary N) is 2. The number of carbonyl (C=O) groups is 1. The fourth-order valence-electron chi connectivity index (χ4n) is 1.20. The van der Waals surface area contributed by atoms with Crippen LogP contribution < -0.4 is 10.6 Å². The molecule has 0 aromatic carbocycles. The van der Waals surface area contributed by atoms with Crippen LogP contribution in [0.3, 0.4) is 0 Å². The molecule has 0 aliphatic carbocycles. The van der Waals surface area contributed by atoms with E-state index in [0.29, 0.717) is 0 Å². The first-order valence-corrected chi connectivity index (χ1v) is 5.43. The van der Waals surface area contributed by atoms with Gasteiger partial charge in [-0.05, 0) is 27.7 Å². The van der Waals surface area contributed by atoms with Crippen LogP contribution in [0.15, 0.2) is 0 Å². The molecule has 1 atom stereocenters. The van der Waals surface area contributed by atoms with Crippen molar-refractivity contribution in [3.63, 3.8) is 0 Å². The van der Waals surface area contributed by atoms with Gasteiger partial charge in [0.1, 0.15) is 0 Å². The van der Waals surface area contributed by atoms with Crippen LogP contribution in [-0.2, 0) is 4.79 Å². The first-order chi connectivity index (χ1) is 6.74. The minimum Gasteiger partial charge on any atom is -0.347 e. The Kier molecular flexibility index (Phi) is 5.83. The van der Waals surface area contributed by atoms with E-state index < -0.39 is 0 Å². The molecule has 4 heteroatoms. The minimum atomic E-state index is -0.109. The van der Waals surface area contributed by atoms with Crippen LogP contribution in [0.5, 0.6) is 0 Å². The van der Waals surface area contributed by atoms with Gasteiger partial charge in [-0.15, -0.1) is 0 Å². The third kappa shape index (κ3) is 7.33. The highest BCUT2D eigenvalue weighted by Gasteiger charge is 2.14. The number of rotatable bonds is 5. The Morgan fingerprint density at radius 1 is 1.27 bits per heavy atom. The van der Waals surface area contributed by atoms with Gasteiger partial charge in [0.05, 0.1) is 6.04 Å². The van der Waals surface area contributed by atoms with Gasteiger partial charge in [-0.1, -0.05) is 0 Å². The summed E-state index contributed by atoms with van der Waals surface area (Å²) in [5.74, 6) is 0.116. The topological polar surface area (TPSA) is 44.4 Å². The predicted molar refractivity (Wildman–Crippen MR) is 63.9 cm³/mol. The van der Waals surface area contributed by atoms with Gasteiger partial charge in [-0.2, -0.15) is 0 Å². The molecule has 0 spiro atoms. The van der Waals surface area contributed by atoms with E-state index in [1.807, 2.05) is 6.92 Å². The lowest BCUT2D eigenvalue weighted by atomic mass is 10.1. The lowest BCUT2D eigenvalue weighted by Crippen LogP contribution is -2.46. The molecule has 1 amide bonds. The number of amides is 1. The zero-order valence-corrected chi connectivity index (χ0v) is 10.8. The molecular weight excluding hydrogens is 190 g/mol. The molecule has 0 heterocycles. The monoisotopic (exact) mass is 215 g/mol. The number of nitrogens with zero attached hydrogens (tertiary/aromatic N) is 1. The van der Waals surface area contributed by atoms with Crippen molar-refractivity contribution in [3.8, 4) is 0 Å². The summed E-state index contributed by atoms with van der Waals surface area (Å²) in [7, 11) is 3.54. The molecule has 0 rings (SSSR count). The van der Waals surface area contributed by atoms with Crippen molar-refractivity contribution in [2.75, 3.05) is 27.2 Å². The van der Waals surface area contributed by atoms with Gasteiger partial charge in [0, 0.05) is 32.7 Å². The predicted octanol–water partition coefficient (Wildman–Crippen LogP) is 0.441. The third-order valence-corrected chi connectivity index (χ3v) is 2.04. The molecule has 15 heavy (non-hydrogen) atoms. The van der Waals surface area contributed by atoms with Crippen LogP contribution in [0, 0.1) is 0 Å². The highest BCUT2D eigenvalue weighted by atomic mass is 16.2. The molecule has 0 bridgehead atoms. The van der Waals surface area contributed by atoms with Gasteiger partial charge in [0.15, 0.2) is 0 Å². The van der Waals surface area contributed by atoms with Crippen LogP contribution >= 0.6 is 0 Å². The smallest absolute Gasteiger partial charge is 0.238 e. The van der Waals surface area contributed by atoms with Crippen molar-refractivity contribution in [1.29, 1.82) is 0 Å². The third-order valence-electron chi connectivity index (χ3n) is 2.04. The molecule has 0 fully saturated rings. The van der Waals surface area contributed by atoms with Crippen molar-refractivity contribution in [1.82, 2.24) is 15.5 Å². The average molecular weight is 215 g/mol. The second-order valence-corrected chi connectivity index (χ2v) is 5.09. The van der Waals surface area contributed by atoms with E-state index in [0.717, 1.165) is 13.1 Å². The Hall–Kier alpha value is -0.610. The van der Waals surface area contributed by atoms with Crippen molar-refractivity contribution in [2.45, 2.75) is 39.3 Å². The quantitative estimate of drug-likeness (QED) is 0.654. The highest BCUT2D eigenvalue weighted by molar-refractivity contribution is 5.80. The molecule has 2 N–H and O–H groups in total. The van der Waals surface area contributed by atoms with Crippen molar-refractivity contribution >= 4 is 5.91 Å². The lowest BCUT2D eigenvalue weighted by molar-refractivity contribution is -0.130. The van der Waals surface area contributed by atoms with Gasteiger partial charge in [-0.3, -0.25) is 4.79 Å². The first-order valence-electron chi connectivity index (χ1n) is 5.43. The highest BCUT2D eigenvalue weighted by Crippen LogP contribution is 1.96. The molecule has 0 aliphatic rings. The van der Waals surface area contributed by atoms with Crippen molar-refractivity contribution in [2.24, 2.45) is 0 Å². The molecular formula is C11H25N3O. The molecule has 0 saturated heterocycles. The van der Waals surface area contributed by atoms with Crippen LogP contribution in [0.25, 0.3) is 0 Å². The standard InChI is InChI=1S/C11H25N3O/c1-9(10(15)14(5)6)12-7-8-13-11(2,3)4/h9,12-13H,7-8H2,1-6H3. The number of carbonyl (C=O) groups excluding carboxylic acids is 1. The Balaban J connectivity index is 3.65. The summed E-state index contributed by atoms with van der Waals surface area (Å²) in [6, 6.07) is -0.109. The van der Waals surface area contributed by atoms with Gasteiger partial charge < -0.3 is 15.5 Å². The van der Waals surface area contributed by atoms with Crippen LogP contribution in [0.1, 0.15) is 27.7 Å². The first kappa shape index (κ1) is 14.4. The molecule has 0 aliphatic heterocycles. The van der Waals surface area contributed by atoms with Gasteiger partial charge in [0.25, 0.3) is 0 Å². The van der Waals surface area contributed by atoms with Crippen LogP contribution in [0.4, 0.5) is 0 Å². The number of likely N-dealkylation sites (N-methyl/N-ethyl adjacent to an activating group) is 1. The van der Waals surface area contributed by atoms with E-state index in [1.54, 1.807) is 19.0 Å². The summed E-state index contributed by atoms with van der Waals surface area (Å²) in [5, 5.41) is 6.54. The zero-order chi connectivity index (χ0) is 12.1. The summed E-state index contributed by atoms with van der Waals surface area (Å²) >= 11 is 0. The summed E-state index contributed by atoms with van der Waals surface area (Å²) in [6.07, 6.45) is 0. The number of hydrogen-bond donors (Lipinski definition) is 2. The van der Waals surface area contributed by atoms with Crippen LogP contribution in [0.2, 0.25) is 0 Å². The maximum Gasteiger partial charge on any atom is 0.238 e. The minimum absolute atomic E-state index is 0.109. The Bertz CT molecular complexity index is 196. The molecule has 0 radical (unpaired) electrons. The summed E-state index contributed by atoms with van der Waals surface area (Å²) < 4.78 is 0. The SMILES string of the molecule is CC(NCCNC(C)(C)C)C(=O)N(C)C. The van der Waals surface area contributed by atoms with Gasteiger partial charge in [-0.25, -0.2) is 0 Å². The molecule has 0 saturated carbocycles. The fraction of sp³-hybridized carbons (Fsp3) is 0.909. The largest absolute Gasteiger partial charge is 0.347 e. The Morgan fingerprint density at radius 2 is 1.80 bits per heavy atom. The van der Waals surface area contributed by atoms with E-state index >= 15 is 0 Å². The van der Waals surface area contributed by atoms with Crippen molar-refractivity contribution in [3.05, 3.63) is 0 Å². The van der Waals surface area contributed by atoms with E-state index in [1.165, 1.54) is 0 Å². The molecule has 0 aromatic heterocycles. The summed E-state index contributed by atoms with van der Waals surface area (Å²) in [5.41, 5.74) is 0.135. The Labute approximate surface area is 93.4 Å². The second kappa shape index (κ2) is 6.08. The molecule has 90 valence electrons. The van der Waals surface area contributed by atoms with E-state index in [-0.39, 0.29) is 17.5 Å². The number of hydrogen-bond acceptors (Lipinski definition) is 3. The maximum atomic E-state index is 11.5. The Morgan fingerprint density at radius 3 is 2.20 bits per heavy atom. The average Bonchev–Trinajstić information content (AvgIpc) is 2.09. The lowest BCUT2D eigenvalue weighted by Gasteiger charge is -2.22. The van der Waals surface area contributed by atoms with Gasteiger partial charge >= 0.3 is 0 Å². The fourth-order valence-corrected chi connectivity index (χ4v) is 1.20. The second-order valence-electron chi connectivity index (χ2n) is 5.09. The maximum absolute atomic E-state index is 11.5. The van der Waals surface area contributed by atoms with Crippen LogP contribution in [-0.4, -0.2) is 49.6 Å².